The number of nitrogens with zero attached hydrogens (tertiary/aromatic N) is 6. The third-order valence-electron chi connectivity index (χ3n) is 5.13. The molecule has 0 bridgehead atoms. The SMILES string of the molecule is O=C(CCCn1cncn1)N1CCCN(Cc2cc(C3CC3)on2)CC1. The minimum Gasteiger partial charge on any atom is -0.361 e. The molecule has 0 atom stereocenters. The predicted octanol–water partition coefficient (Wildman–Crippen LogP) is 1.66. The van der Waals surface area contributed by atoms with Crippen LogP contribution in [0.4, 0.5) is 0 Å². The van der Waals surface area contributed by atoms with E-state index in [1.807, 2.05) is 4.90 Å². The molecule has 140 valence electrons. The van der Waals surface area contributed by atoms with Crippen molar-refractivity contribution in [2.75, 3.05) is 26.2 Å². The molecule has 0 N–H and O–H groups in total. The Morgan fingerprint density at radius 1 is 1.23 bits per heavy atom. The standard InChI is InChI=1S/C18H26N6O2/c25-18(3-1-8-24-14-19-13-20-24)23-7-2-6-22(9-10-23)12-16-11-17(26-21-16)15-4-5-15/h11,13-15H,1-10,12H2. The van der Waals surface area contributed by atoms with Crippen LogP contribution in [-0.4, -0.2) is 61.8 Å². The molecule has 0 spiro atoms. The van der Waals surface area contributed by atoms with Crippen LogP contribution in [-0.2, 0) is 17.9 Å². The molecule has 4 rings (SSSR count). The molecule has 0 unspecified atom stereocenters. The highest BCUT2D eigenvalue weighted by atomic mass is 16.5. The summed E-state index contributed by atoms with van der Waals surface area (Å²) in [6.07, 6.45) is 8.03. The number of hydrogen-bond donors (Lipinski definition) is 0. The van der Waals surface area contributed by atoms with Gasteiger partial charge in [-0.25, -0.2) is 4.98 Å². The van der Waals surface area contributed by atoms with Crippen LogP contribution in [0.25, 0.3) is 0 Å². The summed E-state index contributed by atoms with van der Waals surface area (Å²) in [4.78, 5) is 20.8. The van der Waals surface area contributed by atoms with Crippen molar-refractivity contribution in [1.82, 2.24) is 29.7 Å². The van der Waals surface area contributed by atoms with Gasteiger partial charge in [0.15, 0.2) is 0 Å². The van der Waals surface area contributed by atoms with E-state index in [1.165, 1.54) is 19.2 Å². The van der Waals surface area contributed by atoms with Crippen LogP contribution in [0.1, 0.15) is 49.5 Å². The van der Waals surface area contributed by atoms with E-state index in [4.69, 9.17) is 4.52 Å². The van der Waals surface area contributed by atoms with Crippen molar-refractivity contribution < 1.29 is 9.32 Å². The van der Waals surface area contributed by atoms with Gasteiger partial charge in [0.2, 0.25) is 5.91 Å². The lowest BCUT2D eigenvalue weighted by atomic mass is 10.2. The van der Waals surface area contributed by atoms with Crippen LogP contribution in [0.3, 0.4) is 0 Å². The lowest BCUT2D eigenvalue weighted by molar-refractivity contribution is -0.131. The van der Waals surface area contributed by atoms with Gasteiger partial charge in [0.05, 0.1) is 5.69 Å². The second-order valence-corrected chi connectivity index (χ2v) is 7.27. The van der Waals surface area contributed by atoms with Gasteiger partial charge in [0.1, 0.15) is 18.4 Å². The fraction of sp³-hybridized carbons (Fsp3) is 0.667. The molecule has 0 radical (unpaired) electrons. The molecule has 2 aromatic heterocycles. The summed E-state index contributed by atoms with van der Waals surface area (Å²) in [6, 6.07) is 2.11. The minimum absolute atomic E-state index is 0.240. The van der Waals surface area contributed by atoms with E-state index in [0.717, 1.165) is 63.6 Å². The van der Waals surface area contributed by atoms with Crippen molar-refractivity contribution in [2.45, 2.75) is 51.1 Å². The zero-order valence-electron chi connectivity index (χ0n) is 15.1. The first kappa shape index (κ1) is 17.2. The number of aromatic nitrogens is 4. The van der Waals surface area contributed by atoms with E-state index in [2.05, 4.69) is 26.2 Å². The molecule has 1 saturated carbocycles. The van der Waals surface area contributed by atoms with Crippen LogP contribution in [0.5, 0.6) is 0 Å². The Bertz CT molecular complexity index is 709. The first-order valence-electron chi connectivity index (χ1n) is 9.56. The maximum atomic E-state index is 12.5. The number of hydrogen-bond acceptors (Lipinski definition) is 6. The van der Waals surface area contributed by atoms with Gasteiger partial charge in [0, 0.05) is 57.7 Å². The van der Waals surface area contributed by atoms with E-state index in [9.17, 15) is 4.79 Å². The highest BCUT2D eigenvalue weighted by molar-refractivity contribution is 5.76. The van der Waals surface area contributed by atoms with Crippen LogP contribution >= 0.6 is 0 Å². The molecule has 8 heteroatoms. The normalized spacial score (nSPS) is 18.8. The van der Waals surface area contributed by atoms with Gasteiger partial charge in [-0.1, -0.05) is 5.16 Å². The van der Waals surface area contributed by atoms with Gasteiger partial charge in [0.25, 0.3) is 0 Å². The van der Waals surface area contributed by atoms with Gasteiger partial charge in [-0.15, -0.1) is 0 Å². The molecular weight excluding hydrogens is 332 g/mol. The Morgan fingerprint density at radius 3 is 2.96 bits per heavy atom. The molecule has 0 aromatic carbocycles. The van der Waals surface area contributed by atoms with E-state index in [1.54, 1.807) is 11.0 Å². The molecule has 1 aliphatic carbocycles. The Morgan fingerprint density at radius 2 is 2.15 bits per heavy atom. The monoisotopic (exact) mass is 358 g/mol. The quantitative estimate of drug-likeness (QED) is 0.749. The number of carbonyl (C=O) groups is 1. The molecule has 1 aliphatic heterocycles. The first-order valence-corrected chi connectivity index (χ1v) is 9.56. The number of amides is 1. The molecule has 3 heterocycles. The number of carbonyl (C=O) groups excluding carboxylic acids is 1. The van der Waals surface area contributed by atoms with Crippen LogP contribution in [0.2, 0.25) is 0 Å². The Labute approximate surface area is 153 Å². The zero-order chi connectivity index (χ0) is 17.8. The summed E-state index contributed by atoms with van der Waals surface area (Å²) in [6.45, 7) is 5.06. The third kappa shape index (κ3) is 4.49. The summed E-state index contributed by atoms with van der Waals surface area (Å²) in [5.41, 5.74) is 1.01. The van der Waals surface area contributed by atoms with Crippen molar-refractivity contribution in [3.8, 4) is 0 Å². The molecule has 8 nitrogen and oxygen atoms in total. The van der Waals surface area contributed by atoms with E-state index >= 15 is 0 Å². The van der Waals surface area contributed by atoms with Crippen molar-refractivity contribution in [1.29, 1.82) is 0 Å². The third-order valence-corrected chi connectivity index (χ3v) is 5.13. The van der Waals surface area contributed by atoms with Gasteiger partial charge in [-0.3, -0.25) is 14.4 Å². The van der Waals surface area contributed by atoms with E-state index in [-0.39, 0.29) is 5.91 Å². The van der Waals surface area contributed by atoms with E-state index < -0.39 is 0 Å². The Kier molecular flexibility index (Phi) is 5.29. The fourth-order valence-corrected chi connectivity index (χ4v) is 3.47. The summed E-state index contributed by atoms with van der Waals surface area (Å²) in [5.74, 6) is 1.88. The molecule has 1 saturated heterocycles. The average molecular weight is 358 g/mol. The van der Waals surface area contributed by atoms with Gasteiger partial charge >= 0.3 is 0 Å². The number of aryl methyl sites for hydroxylation is 1. The van der Waals surface area contributed by atoms with Gasteiger partial charge in [-0.2, -0.15) is 5.10 Å². The summed E-state index contributed by atoms with van der Waals surface area (Å²) >= 11 is 0. The second kappa shape index (κ2) is 7.99. The molecule has 2 aliphatic rings. The Balaban J connectivity index is 1.21. The molecular formula is C18H26N6O2. The van der Waals surface area contributed by atoms with Gasteiger partial charge < -0.3 is 9.42 Å². The van der Waals surface area contributed by atoms with Crippen molar-refractivity contribution in [2.24, 2.45) is 0 Å². The fourth-order valence-electron chi connectivity index (χ4n) is 3.47. The molecule has 26 heavy (non-hydrogen) atoms. The maximum Gasteiger partial charge on any atom is 0.222 e. The largest absolute Gasteiger partial charge is 0.361 e. The number of rotatable bonds is 7. The smallest absolute Gasteiger partial charge is 0.222 e. The van der Waals surface area contributed by atoms with Crippen molar-refractivity contribution in [3.05, 3.63) is 30.2 Å². The highest BCUT2D eigenvalue weighted by Crippen LogP contribution is 2.40. The first-order chi connectivity index (χ1) is 12.8. The summed E-state index contributed by atoms with van der Waals surface area (Å²) in [7, 11) is 0. The average Bonchev–Trinajstić information content (AvgIpc) is 3.25. The topological polar surface area (TPSA) is 80.3 Å². The lowest BCUT2D eigenvalue weighted by Crippen LogP contribution is -2.35. The van der Waals surface area contributed by atoms with E-state index in [0.29, 0.717) is 12.3 Å². The lowest BCUT2D eigenvalue weighted by Gasteiger charge is -2.21. The summed E-state index contributed by atoms with van der Waals surface area (Å²) < 4.78 is 7.21. The van der Waals surface area contributed by atoms with Crippen molar-refractivity contribution >= 4 is 5.91 Å². The zero-order valence-corrected chi connectivity index (χ0v) is 15.1. The molecule has 2 aromatic rings. The maximum absolute atomic E-state index is 12.5. The van der Waals surface area contributed by atoms with Crippen LogP contribution in [0, 0.1) is 0 Å². The molecule has 2 fully saturated rings. The van der Waals surface area contributed by atoms with Crippen LogP contribution < -0.4 is 0 Å². The predicted molar refractivity (Wildman–Crippen MR) is 94.2 cm³/mol. The minimum atomic E-state index is 0.240. The highest BCUT2D eigenvalue weighted by Gasteiger charge is 2.28. The molecule has 1 amide bonds. The van der Waals surface area contributed by atoms with Crippen LogP contribution in [0.15, 0.2) is 23.2 Å². The van der Waals surface area contributed by atoms with Gasteiger partial charge in [-0.05, 0) is 25.7 Å². The Hall–Kier alpha value is -2.22. The summed E-state index contributed by atoms with van der Waals surface area (Å²) in [5, 5.41) is 8.28. The van der Waals surface area contributed by atoms with Crippen molar-refractivity contribution in [3.63, 3.8) is 0 Å². The second-order valence-electron chi connectivity index (χ2n) is 7.27.